The summed E-state index contributed by atoms with van der Waals surface area (Å²) < 4.78 is 10.6. The van der Waals surface area contributed by atoms with E-state index in [9.17, 15) is 0 Å². The Balaban J connectivity index is 1.86. The molecule has 1 aromatic heterocycles. The van der Waals surface area contributed by atoms with Crippen LogP contribution in [0.2, 0.25) is 0 Å². The molecule has 0 unspecified atom stereocenters. The highest BCUT2D eigenvalue weighted by Crippen LogP contribution is 2.30. The van der Waals surface area contributed by atoms with Crippen LogP contribution in [0.1, 0.15) is 24.1 Å². The maximum absolute atomic E-state index is 5.36. The van der Waals surface area contributed by atoms with Gasteiger partial charge < -0.3 is 14.6 Å². The van der Waals surface area contributed by atoms with E-state index in [4.69, 9.17) is 9.26 Å². The van der Waals surface area contributed by atoms with Crippen molar-refractivity contribution in [2.45, 2.75) is 31.9 Å². The van der Waals surface area contributed by atoms with Crippen LogP contribution in [0.15, 0.2) is 4.52 Å². The minimum atomic E-state index is 0.610. The van der Waals surface area contributed by atoms with E-state index in [1.54, 1.807) is 0 Å². The highest BCUT2D eigenvalue weighted by atomic mass is 16.5. The van der Waals surface area contributed by atoms with Gasteiger partial charge in [0, 0.05) is 12.5 Å². The smallest absolute Gasteiger partial charge is 0.230 e. The molecule has 1 aromatic rings. The van der Waals surface area contributed by atoms with Crippen molar-refractivity contribution in [1.29, 1.82) is 0 Å². The molecular formula is C9H12N2O2. The molecule has 13 heavy (non-hydrogen) atoms. The number of hydrogen-bond acceptors (Lipinski definition) is 4. The molecule has 0 bridgehead atoms. The van der Waals surface area contributed by atoms with Gasteiger partial charge in [-0.15, -0.1) is 0 Å². The lowest BCUT2D eigenvalue weighted by atomic mass is 10.1. The minimum Gasteiger partial charge on any atom is -0.376 e. The zero-order valence-electron chi connectivity index (χ0n) is 7.38. The van der Waals surface area contributed by atoms with Gasteiger partial charge in [-0.3, -0.25) is 0 Å². The minimum absolute atomic E-state index is 0.610. The molecule has 4 nitrogen and oxygen atoms in total. The van der Waals surface area contributed by atoms with Crippen molar-refractivity contribution in [3.63, 3.8) is 0 Å². The van der Waals surface area contributed by atoms with E-state index in [0.717, 1.165) is 30.2 Å². The summed E-state index contributed by atoms with van der Waals surface area (Å²) in [6, 6.07) is 0.610. The fourth-order valence-corrected chi connectivity index (χ4v) is 1.56. The maximum atomic E-state index is 5.36. The summed E-state index contributed by atoms with van der Waals surface area (Å²) >= 11 is 0. The molecule has 1 aliphatic carbocycles. The van der Waals surface area contributed by atoms with Crippen LogP contribution in [0.5, 0.6) is 0 Å². The Morgan fingerprint density at radius 2 is 2.31 bits per heavy atom. The molecule has 1 N–H and O–H groups in total. The molecule has 70 valence electrons. The average molecular weight is 180 g/mol. The van der Waals surface area contributed by atoms with Crippen molar-refractivity contribution in [2.24, 2.45) is 0 Å². The van der Waals surface area contributed by atoms with Crippen LogP contribution in [-0.4, -0.2) is 17.8 Å². The molecule has 0 spiro atoms. The second kappa shape index (κ2) is 2.73. The van der Waals surface area contributed by atoms with E-state index >= 15 is 0 Å². The van der Waals surface area contributed by atoms with Gasteiger partial charge >= 0.3 is 0 Å². The van der Waals surface area contributed by atoms with E-state index in [-0.39, 0.29) is 0 Å². The Labute approximate surface area is 76.2 Å². The van der Waals surface area contributed by atoms with Gasteiger partial charge in [0.2, 0.25) is 5.88 Å². The van der Waals surface area contributed by atoms with Crippen molar-refractivity contribution in [1.82, 2.24) is 5.16 Å². The summed E-state index contributed by atoms with van der Waals surface area (Å²) in [5.41, 5.74) is 2.19. The lowest BCUT2D eigenvalue weighted by Crippen LogP contribution is -2.11. The fourth-order valence-electron chi connectivity index (χ4n) is 1.56. The topological polar surface area (TPSA) is 47.3 Å². The normalized spacial score (nSPS) is 21.2. The largest absolute Gasteiger partial charge is 0.376 e. The lowest BCUT2D eigenvalue weighted by Gasteiger charge is -2.10. The number of ether oxygens (including phenoxy) is 1. The third kappa shape index (κ3) is 1.31. The Morgan fingerprint density at radius 1 is 1.38 bits per heavy atom. The summed E-state index contributed by atoms with van der Waals surface area (Å²) in [4.78, 5) is 0. The first-order valence-electron chi connectivity index (χ1n) is 4.75. The molecule has 1 saturated carbocycles. The van der Waals surface area contributed by atoms with Gasteiger partial charge in [0.15, 0.2) is 0 Å². The molecule has 0 aromatic carbocycles. The fraction of sp³-hybridized carbons (Fsp3) is 0.667. The van der Waals surface area contributed by atoms with Gasteiger partial charge in [0.1, 0.15) is 0 Å². The first-order chi connectivity index (χ1) is 6.43. The van der Waals surface area contributed by atoms with E-state index in [2.05, 4.69) is 10.5 Å². The van der Waals surface area contributed by atoms with Crippen molar-refractivity contribution in [2.75, 3.05) is 11.9 Å². The molecule has 2 aliphatic rings. The molecule has 3 rings (SSSR count). The number of aromatic nitrogens is 1. The molecule has 0 saturated heterocycles. The van der Waals surface area contributed by atoms with Crippen molar-refractivity contribution < 1.29 is 9.26 Å². The number of fused-ring (bicyclic) bond motifs is 1. The summed E-state index contributed by atoms with van der Waals surface area (Å²) in [5, 5.41) is 7.33. The summed E-state index contributed by atoms with van der Waals surface area (Å²) in [6.45, 7) is 1.41. The van der Waals surface area contributed by atoms with Gasteiger partial charge in [-0.05, 0) is 12.8 Å². The highest BCUT2D eigenvalue weighted by molar-refractivity contribution is 5.45. The Morgan fingerprint density at radius 3 is 3.15 bits per heavy atom. The molecule has 1 aliphatic heterocycles. The number of nitrogens with one attached hydrogen (secondary N) is 1. The van der Waals surface area contributed by atoms with Crippen molar-refractivity contribution in [3.05, 3.63) is 11.3 Å². The van der Waals surface area contributed by atoms with E-state index < -0.39 is 0 Å². The number of hydrogen-bond donors (Lipinski definition) is 1. The molecule has 4 heteroatoms. The van der Waals surface area contributed by atoms with Crippen LogP contribution >= 0.6 is 0 Å². The van der Waals surface area contributed by atoms with Crippen LogP contribution in [0.3, 0.4) is 0 Å². The van der Waals surface area contributed by atoms with Crippen molar-refractivity contribution in [3.8, 4) is 0 Å². The van der Waals surface area contributed by atoms with Gasteiger partial charge in [-0.1, -0.05) is 5.16 Å². The molecule has 0 amide bonds. The molecule has 2 heterocycles. The van der Waals surface area contributed by atoms with Crippen LogP contribution in [-0.2, 0) is 17.8 Å². The van der Waals surface area contributed by atoms with Crippen molar-refractivity contribution >= 4 is 5.88 Å². The van der Waals surface area contributed by atoms with Gasteiger partial charge in [0.05, 0.1) is 24.5 Å². The third-order valence-electron chi connectivity index (χ3n) is 2.51. The first kappa shape index (κ1) is 7.38. The standard InChI is InChI=1S/C9H12N2O2/c1-2-6(1)10-9-7-5-12-4-3-8(7)11-13-9/h6,10H,1-5H2. The molecular weight excluding hydrogens is 168 g/mol. The second-order valence-electron chi connectivity index (χ2n) is 3.66. The summed E-state index contributed by atoms with van der Waals surface area (Å²) in [5.74, 6) is 0.831. The van der Waals surface area contributed by atoms with Crippen LogP contribution < -0.4 is 5.32 Å². The molecule has 0 radical (unpaired) electrons. The Kier molecular flexibility index (Phi) is 1.55. The van der Waals surface area contributed by atoms with Crippen LogP contribution in [0.4, 0.5) is 5.88 Å². The summed E-state index contributed by atoms with van der Waals surface area (Å²) in [7, 11) is 0. The summed E-state index contributed by atoms with van der Waals surface area (Å²) in [6.07, 6.45) is 3.37. The monoisotopic (exact) mass is 180 g/mol. The Hall–Kier alpha value is -1.03. The lowest BCUT2D eigenvalue weighted by molar-refractivity contribution is 0.110. The van der Waals surface area contributed by atoms with Crippen LogP contribution in [0, 0.1) is 0 Å². The predicted molar refractivity (Wildman–Crippen MR) is 46.5 cm³/mol. The first-order valence-corrected chi connectivity index (χ1v) is 4.75. The Bertz CT molecular complexity index is 317. The number of nitrogens with zero attached hydrogens (tertiary/aromatic N) is 1. The zero-order chi connectivity index (χ0) is 8.67. The van der Waals surface area contributed by atoms with Crippen LogP contribution in [0.25, 0.3) is 0 Å². The van der Waals surface area contributed by atoms with Gasteiger partial charge in [-0.2, -0.15) is 0 Å². The number of rotatable bonds is 2. The number of anilines is 1. The van der Waals surface area contributed by atoms with Gasteiger partial charge in [0.25, 0.3) is 0 Å². The van der Waals surface area contributed by atoms with E-state index in [0.29, 0.717) is 12.6 Å². The quantitative estimate of drug-likeness (QED) is 0.745. The second-order valence-corrected chi connectivity index (χ2v) is 3.66. The molecule has 0 atom stereocenters. The predicted octanol–water partition coefficient (Wildman–Crippen LogP) is 1.32. The zero-order valence-corrected chi connectivity index (χ0v) is 7.38. The maximum Gasteiger partial charge on any atom is 0.230 e. The highest BCUT2D eigenvalue weighted by Gasteiger charge is 2.26. The third-order valence-corrected chi connectivity index (χ3v) is 2.51. The SMILES string of the molecule is C1Cc2noc(NC3CC3)c2CO1. The molecule has 1 fully saturated rings. The van der Waals surface area contributed by atoms with E-state index in [1.807, 2.05) is 0 Å². The average Bonchev–Trinajstić information content (AvgIpc) is 2.88. The van der Waals surface area contributed by atoms with Gasteiger partial charge in [-0.25, -0.2) is 0 Å². The van der Waals surface area contributed by atoms with E-state index in [1.165, 1.54) is 12.8 Å².